The summed E-state index contributed by atoms with van der Waals surface area (Å²) in [7, 11) is -2.72. The fourth-order valence-electron chi connectivity index (χ4n) is 2.25. The van der Waals surface area contributed by atoms with E-state index in [1.807, 2.05) is 13.8 Å². The Morgan fingerprint density at radius 3 is 2.35 bits per heavy atom. The van der Waals surface area contributed by atoms with Crippen LogP contribution < -0.4 is 0 Å². The van der Waals surface area contributed by atoms with Crippen molar-refractivity contribution in [3.63, 3.8) is 0 Å². The summed E-state index contributed by atoms with van der Waals surface area (Å²) in [5, 5.41) is 9.39. The molecule has 1 heterocycles. The molecule has 1 aliphatic heterocycles. The molecule has 4 nitrogen and oxygen atoms in total. The summed E-state index contributed by atoms with van der Waals surface area (Å²) >= 11 is 0. The summed E-state index contributed by atoms with van der Waals surface area (Å²) in [6, 6.07) is 0. The summed E-state index contributed by atoms with van der Waals surface area (Å²) in [4.78, 5) is 11.8. The highest BCUT2D eigenvalue weighted by Gasteiger charge is 2.42. The van der Waals surface area contributed by atoms with Crippen molar-refractivity contribution < 1.29 is 19.2 Å². The van der Waals surface area contributed by atoms with Crippen LogP contribution in [0.5, 0.6) is 0 Å². The molecule has 0 aliphatic carbocycles. The Hall–Kier alpha value is -0.180. The minimum atomic E-state index is -2.72. The largest absolute Gasteiger partial charge is 0.396 e. The van der Waals surface area contributed by atoms with Crippen LogP contribution in [0.15, 0.2) is 0 Å². The first-order chi connectivity index (χ1) is 8.02. The van der Waals surface area contributed by atoms with Gasteiger partial charge in [0.1, 0.15) is 6.61 Å². The summed E-state index contributed by atoms with van der Waals surface area (Å²) in [6.07, 6.45) is 3.13. The zero-order valence-electron chi connectivity index (χ0n) is 10.8. The zero-order chi connectivity index (χ0) is 12.9. The van der Waals surface area contributed by atoms with Gasteiger partial charge in [-0.15, -0.1) is 0 Å². The van der Waals surface area contributed by atoms with Crippen molar-refractivity contribution >= 4 is 12.7 Å². The number of carbonyl (C=O) groups is 1. The molecule has 1 aliphatic rings. The molecule has 0 saturated carbocycles. The van der Waals surface area contributed by atoms with E-state index < -0.39 is 7.14 Å². The molecule has 0 amide bonds. The Kier molecular flexibility index (Phi) is 5.36. The second-order valence-electron chi connectivity index (χ2n) is 4.88. The number of aliphatic hydroxyl groups excluding tert-OH is 1. The quantitative estimate of drug-likeness (QED) is 0.744. The van der Waals surface area contributed by atoms with Crippen LogP contribution in [0, 0.1) is 5.41 Å². The third-order valence-corrected chi connectivity index (χ3v) is 6.91. The number of hydrogen-bond acceptors (Lipinski definition) is 4. The molecule has 0 aromatic heterocycles. The van der Waals surface area contributed by atoms with E-state index in [1.54, 1.807) is 0 Å². The van der Waals surface area contributed by atoms with Gasteiger partial charge in [0.15, 0.2) is 7.14 Å². The Morgan fingerprint density at radius 1 is 1.35 bits per heavy atom. The number of carbonyl (C=O) groups excluding carboxylic acids is 1. The summed E-state index contributed by atoms with van der Waals surface area (Å²) in [6.45, 7) is 4.43. The van der Waals surface area contributed by atoms with Crippen LogP contribution in [0.1, 0.15) is 33.1 Å². The van der Waals surface area contributed by atoms with Crippen molar-refractivity contribution in [1.29, 1.82) is 0 Å². The average Bonchev–Trinajstić information content (AvgIpc) is 2.37. The molecule has 0 atom stereocenters. The van der Waals surface area contributed by atoms with E-state index in [4.69, 9.17) is 4.74 Å². The molecule has 0 unspecified atom stereocenters. The fourth-order valence-corrected chi connectivity index (χ4v) is 4.97. The lowest BCUT2D eigenvalue weighted by molar-refractivity contribution is -0.116. The van der Waals surface area contributed by atoms with Gasteiger partial charge in [-0.05, 0) is 31.6 Å². The highest BCUT2D eigenvalue weighted by atomic mass is 31.2. The standard InChI is InChI=1S/C12H23O4P/c1-3-12(10-13)5-7-17(15,8-6-12)11(14)9-16-4-2/h13H,3-10H2,1-2H3. The molecule has 1 N–H and O–H groups in total. The van der Waals surface area contributed by atoms with E-state index in [1.165, 1.54) is 0 Å². The maximum absolute atomic E-state index is 12.4. The van der Waals surface area contributed by atoms with Gasteiger partial charge in [0.2, 0.25) is 5.52 Å². The Balaban J connectivity index is 2.60. The van der Waals surface area contributed by atoms with Crippen molar-refractivity contribution in [3.05, 3.63) is 0 Å². The normalized spacial score (nSPS) is 33.6. The molecule has 1 fully saturated rings. The molecule has 0 radical (unpaired) electrons. The van der Waals surface area contributed by atoms with Gasteiger partial charge in [0, 0.05) is 25.5 Å². The number of aliphatic hydroxyl groups is 1. The van der Waals surface area contributed by atoms with Crippen LogP contribution >= 0.6 is 7.14 Å². The molecule has 0 aromatic rings. The molecule has 0 bridgehead atoms. The summed E-state index contributed by atoms with van der Waals surface area (Å²) in [5.41, 5.74) is -0.332. The lowest BCUT2D eigenvalue weighted by Crippen LogP contribution is -2.33. The Morgan fingerprint density at radius 2 is 1.94 bits per heavy atom. The van der Waals surface area contributed by atoms with Crippen molar-refractivity contribution in [3.8, 4) is 0 Å². The number of ether oxygens (including phenoxy) is 1. The first-order valence-corrected chi connectivity index (χ1v) is 8.40. The van der Waals surface area contributed by atoms with E-state index in [0.29, 0.717) is 31.8 Å². The number of rotatable bonds is 6. The van der Waals surface area contributed by atoms with Crippen LogP contribution in [0.3, 0.4) is 0 Å². The van der Waals surface area contributed by atoms with Gasteiger partial charge in [-0.3, -0.25) is 4.79 Å². The van der Waals surface area contributed by atoms with Crippen molar-refractivity contribution in [1.82, 2.24) is 0 Å². The first kappa shape index (κ1) is 14.9. The molecule has 0 spiro atoms. The van der Waals surface area contributed by atoms with Crippen LogP contribution in [0.4, 0.5) is 0 Å². The maximum Gasteiger partial charge on any atom is 0.216 e. The number of hydrogen-bond donors (Lipinski definition) is 1. The highest BCUT2D eigenvalue weighted by Crippen LogP contribution is 2.56. The molecule has 1 saturated heterocycles. The van der Waals surface area contributed by atoms with E-state index in [0.717, 1.165) is 6.42 Å². The lowest BCUT2D eigenvalue weighted by atomic mass is 9.80. The van der Waals surface area contributed by atoms with Gasteiger partial charge in [-0.2, -0.15) is 0 Å². The highest BCUT2D eigenvalue weighted by molar-refractivity contribution is 7.80. The third kappa shape index (κ3) is 3.40. The van der Waals surface area contributed by atoms with Crippen LogP contribution in [0.2, 0.25) is 0 Å². The maximum atomic E-state index is 12.4. The zero-order valence-corrected chi connectivity index (χ0v) is 11.7. The Bertz CT molecular complexity index is 296. The van der Waals surface area contributed by atoms with Crippen molar-refractivity contribution in [2.24, 2.45) is 5.41 Å². The van der Waals surface area contributed by atoms with Gasteiger partial charge in [-0.25, -0.2) is 0 Å². The Labute approximate surface area is 103 Å². The molecular weight excluding hydrogens is 239 g/mol. The van der Waals surface area contributed by atoms with E-state index in [2.05, 4.69) is 0 Å². The minimum Gasteiger partial charge on any atom is -0.396 e. The van der Waals surface area contributed by atoms with Crippen LogP contribution in [-0.4, -0.2) is 42.8 Å². The van der Waals surface area contributed by atoms with Crippen molar-refractivity contribution in [2.75, 3.05) is 32.1 Å². The fraction of sp³-hybridized carbons (Fsp3) is 0.917. The molecule has 5 heteroatoms. The second-order valence-corrected chi connectivity index (χ2v) is 8.05. The molecule has 100 valence electrons. The van der Waals surface area contributed by atoms with E-state index >= 15 is 0 Å². The summed E-state index contributed by atoms with van der Waals surface area (Å²) in [5.74, 6) is 0. The first-order valence-electron chi connectivity index (χ1n) is 6.32. The predicted molar refractivity (Wildman–Crippen MR) is 67.9 cm³/mol. The predicted octanol–water partition coefficient (Wildman–Crippen LogP) is 2.10. The van der Waals surface area contributed by atoms with Crippen molar-refractivity contribution in [2.45, 2.75) is 33.1 Å². The SMILES string of the molecule is CCOCC(=O)P1(=O)CCC(CC)(CO)CC1. The topological polar surface area (TPSA) is 63.6 Å². The smallest absolute Gasteiger partial charge is 0.216 e. The van der Waals surface area contributed by atoms with Crippen LogP contribution in [0.25, 0.3) is 0 Å². The lowest BCUT2D eigenvalue weighted by Gasteiger charge is -2.37. The second kappa shape index (κ2) is 6.12. The van der Waals surface area contributed by atoms with Gasteiger partial charge in [-0.1, -0.05) is 6.92 Å². The van der Waals surface area contributed by atoms with Gasteiger partial charge in [0.25, 0.3) is 0 Å². The molecular formula is C12H23O4P. The van der Waals surface area contributed by atoms with E-state index in [9.17, 15) is 14.5 Å². The third-order valence-electron chi connectivity index (χ3n) is 3.98. The van der Waals surface area contributed by atoms with Gasteiger partial charge in [0.05, 0.1) is 0 Å². The minimum absolute atomic E-state index is 0.0218. The van der Waals surface area contributed by atoms with Gasteiger partial charge >= 0.3 is 0 Å². The molecule has 17 heavy (non-hydrogen) atoms. The average molecular weight is 262 g/mol. The molecule has 1 rings (SSSR count). The summed E-state index contributed by atoms with van der Waals surface area (Å²) < 4.78 is 17.5. The molecule has 0 aromatic carbocycles. The monoisotopic (exact) mass is 262 g/mol. The van der Waals surface area contributed by atoms with Gasteiger partial charge < -0.3 is 14.4 Å². The van der Waals surface area contributed by atoms with Crippen LogP contribution in [-0.2, 0) is 14.1 Å². The van der Waals surface area contributed by atoms with E-state index in [-0.39, 0.29) is 24.2 Å².